The number of ether oxygens (including phenoxy) is 1. The monoisotopic (exact) mass is 368 g/mol. The standard InChI is InChI=1S/C21H18F2N2O2/c1-13(15-4-6-18(22)19(23)11-15)25-21(26)17-5-3-16(12-20(17)27-2)14-7-9-24-10-8-14/h3-13H,1-2H3,(H,25,26). The molecule has 4 nitrogen and oxygen atoms in total. The van der Waals surface area contributed by atoms with Crippen molar-refractivity contribution in [2.24, 2.45) is 0 Å². The normalized spacial score (nSPS) is 11.7. The van der Waals surface area contributed by atoms with E-state index in [1.165, 1.54) is 13.2 Å². The van der Waals surface area contributed by atoms with Crippen LogP contribution in [-0.4, -0.2) is 18.0 Å². The van der Waals surface area contributed by atoms with Crippen LogP contribution in [0.2, 0.25) is 0 Å². The van der Waals surface area contributed by atoms with Crippen LogP contribution in [0.4, 0.5) is 8.78 Å². The summed E-state index contributed by atoms with van der Waals surface area (Å²) in [5.41, 5.74) is 2.66. The predicted molar refractivity (Wildman–Crippen MR) is 98.5 cm³/mol. The summed E-state index contributed by atoms with van der Waals surface area (Å²) in [6.07, 6.45) is 3.37. The molecule has 0 aliphatic carbocycles. The molecule has 2 aromatic carbocycles. The van der Waals surface area contributed by atoms with Crippen LogP contribution < -0.4 is 10.1 Å². The van der Waals surface area contributed by atoms with Crippen molar-refractivity contribution in [3.05, 3.63) is 83.7 Å². The number of halogens is 2. The molecule has 3 rings (SSSR count). The SMILES string of the molecule is COc1cc(-c2ccncc2)ccc1C(=O)NC(C)c1ccc(F)c(F)c1. The van der Waals surface area contributed by atoms with Crippen LogP contribution in [0.15, 0.2) is 60.9 Å². The van der Waals surface area contributed by atoms with Gasteiger partial charge in [-0.25, -0.2) is 8.78 Å². The first-order valence-electron chi connectivity index (χ1n) is 8.34. The van der Waals surface area contributed by atoms with Crippen molar-refractivity contribution >= 4 is 5.91 Å². The molecule has 27 heavy (non-hydrogen) atoms. The molecule has 0 aliphatic heterocycles. The van der Waals surface area contributed by atoms with Gasteiger partial charge in [0, 0.05) is 12.4 Å². The first-order valence-corrected chi connectivity index (χ1v) is 8.34. The van der Waals surface area contributed by atoms with Crippen LogP contribution in [0.5, 0.6) is 5.75 Å². The minimum atomic E-state index is -0.951. The second-order valence-electron chi connectivity index (χ2n) is 6.02. The van der Waals surface area contributed by atoms with E-state index in [2.05, 4.69) is 10.3 Å². The molecular weight excluding hydrogens is 350 g/mol. The van der Waals surface area contributed by atoms with E-state index in [1.54, 1.807) is 31.5 Å². The van der Waals surface area contributed by atoms with E-state index in [4.69, 9.17) is 4.74 Å². The summed E-state index contributed by atoms with van der Waals surface area (Å²) in [6, 6.07) is 12.0. The first-order chi connectivity index (χ1) is 13.0. The zero-order valence-corrected chi connectivity index (χ0v) is 14.9. The van der Waals surface area contributed by atoms with E-state index < -0.39 is 17.7 Å². The van der Waals surface area contributed by atoms with E-state index in [0.717, 1.165) is 23.3 Å². The number of amides is 1. The van der Waals surface area contributed by atoms with Gasteiger partial charge in [0.1, 0.15) is 5.75 Å². The number of hydrogen-bond acceptors (Lipinski definition) is 3. The summed E-state index contributed by atoms with van der Waals surface area (Å²) < 4.78 is 31.9. The third-order valence-corrected chi connectivity index (χ3v) is 4.25. The molecule has 0 radical (unpaired) electrons. The van der Waals surface area contributed by atoms with Gasteiger partial charge in [0.05, 0.1) is 18.7 Å². The zero-order valence-electron chi connectivity index (χ0n) is 14.9. The third kappa shape index (κ3) is 4.11. The molecule has 1 heterocycles. The molecule has 1 atom stereocenters. The summed E-state index contributed by atoms with van der Waals surface area (Å²) in [6.45, 7) is 1.70. The highest BCUT2D eigenvalue weighted by Gasteiger charge is 2.17. The third-order valence-electron chi connectivity index (χ3n) is 4.25. The molecule has 138 valence electrons. The second kappa shape index (κ2) is 7.95. The van der Waals surface area contributed by atoms with Gasteiger partial charge in [-0.2, -0.15) is 0 Å². The van der Waals surface area contributed by atoms with Crippen molar-refractivity contribution < 1.29 is 18.3 Å². The molecular formula is C21H18F2N2O2. The van der Waals surface area contributed by atoms with Gasteiger partial charge in [-0.1, -0.05) is 12.1 Å². The van der Waals surface area contributed by atoms with E-state index >= 15 is 0 Å². The maximum Gasteiger partial charge on any atom is 0.255 e. The van der Waals surface area contributed by atoms with Gasteiger partial charge in [0.25, 0.3) is 5.91 Å². The van der Waals surface area contributed by atoms with Crippen molar-refractivity contribution in [2.45, 2.75) is 13.0 Å². The summed E-state index contributed by atoms with van der Waals surface area (Å²) >= 11 is 0. The average Bonchev–Trinajstić information content (AvgIpc) is 2.70. The van der Waals surface area contributed by atoms with E-state index in [1.807, 2.05) is 18.2 Å². The fourth-order valence-electron chi connectivity index (χ4n) is 2.74. The number of aromatic nitrogens is 1. The number of carbonyl (C=O) groups is 1. The lowest BCUT2D eigenvalue weighted by Crippen LogP contribution is -2.27. The summed E-state index contributed by atoms with van der Waals surface area (Å²) in [5, 5.41) is 2.78. The lowest BCUT2D eigenvalue weighted by Gasteiger charge is -2.16. The molecule has 1 N–H and O–H groups in total. The Labute approximate surface area is 155 Å². The first kappa shape index (κ1) is 18.5. The Kier molecular flexibility index (Phi) is 5.45. The van der Waals surface area contributed by atoms with Crippen LogP contribution in [0.3, 0.4) is 0 Å². The van der Waals surface area contributed by atoms with Gasteiger partial charge in [-0.15, -0.1) is 0 Å². The molecule has 6 heteroatoms. The molecule has 0 saturated carbocycles. The number of benzene rings is 2. The van der Waals surface area contributed by atoms with Gasteiger partial charge in [-0.05, 0) is 60.0 Å². The summed E-state index contributed by atoms with van der Waals surface area (Å²) in [4.78, 5) is 16.6. The number of nitrogens with one attached hydrogen (secondary N) is 1. The molecule has 1 aromatic heterocycles. The molecule has 1 unspecified atom stereocenters. The highest BCUT2D eigenvalue weighted by molar-refractivity contribution is 5.97. The quantitative estimate of drug-likeness (QED) is 0.720. The maximum atomic E-state index is 13.4. The van der Waals surface area contributed by atoms with Crippen LogP contribution in [0, 0.1) is 11.6 Å². The van der Waals surface area contributed by atoms with E-state index in [-0.39, 0.29) is 5.91 Å². The maximum absolute atomic E-state index is 13.4. The number of pyridine rings is 1. The Morgan fingerprint density at radius 2 is 1.74 bits per heavy atom. The minimum absolute atomic E-state index is 0.352. The number of rotatable bonds is 5. The van der Waals surface area contributed by atoms with Crippen molar-refractivity contribution in [3.8, 4) is 16.9 Å². The van der Waals surface area contributed by atoms with Gasteiger partial charge in [0.15, 0.2) is 11.6 Å². The molecule has 0 spiro atoms. The molecule has 1 amide bonds. The Morgan fingerprint density at radius 1 is 1.00 bits per heavy atom. The fraction of sp³-hybridized carbons (Fsp3) is 0.143. The smallest absolute Gasteiger partial charge is 0.255 e. The lowest BCUT2D eigenvalue weighted by atomic mass is 10.0. The van der Waals surface area contributed by atoms with Crippen molar-refractivity contribution in [1.82, 2.24) is 10.3 Å². The van der Waals surface area contributed by atoms with Crippen LogP contribution in [0.25, 0.3) is 11.1 Å². The van der Waals surface area contributed by atoms with Gasteiger partial charge >= 0.3 is 0 Å². The van der Waals surface area contributed by atoms with Gasteiger partial charge in [0.2, 0.25) is 0 Å². The van der Waals surface area contributed by atoms with Crippen molar-refractivity contribution in [2.75, 3.05) is 7.11 Å². The second-order valence-corrected chi connectivity index (χ2v) is 6.02. The van der Waals surface area contributed by atoms with Gasteiger partial charge in [-0.3, -0.25) is 9.78 Å². The Bertz CT molecular complexity index is 962. The van der Waals surface area contributed by atoms with E-state index in [0.29, 0.717) is 16.9 Å². The highest BCUT2D eigenvalue weighted by atomic mass is 19.2. The van der Waals surface area contributed by atoms with Crippen LogP contribution in [0.1, 0.15) is 28.9 Å². The summed E-state index contributed by atoms with van der Waals surface area (Å²) in [7, 11) is 1.49. The number of methoxy groups -OCH3 is 1. The molecule has 3 aromatic rings. The largest absolute Gasteiger partial charge is 0.496 e. The fourth-order valence-corrected chi connectivity index (χ4v) is 2.74. The molecule has 0 bridgehead atoms. The van der Waals surface area contributed by atoms with Crippen LogP contribution in [-0.2, 0) is 0 Å². The number of nitrogens with zero attached hydrogens (tertiary/aromatic N) is 1. The Hall–Kier alpha value is -3.28. The number of carbonyl (C=O) groups excluding carboxylic acids is 1. The van der Waals surface area contributed by atoms with E-state index in [9.17, 15) is 13.6 Å². The van der Waals surface area contributed by atoms with Gasteiger partial charge < -0.3 is 10.1 Å². The zero-order chi connectivity index (χ0) is 19.4. The average molecular weight is 368 g/mol. The molecule has 0 aliphatic rings. The van der Waals surface area contributed by atoms with Crippen molar-refractivity contribution in [3.63, 3.8) is 0 Å². The predicted octanol–water partition coefficient (Wildman–Crippen LogP) is 4.53. The number of hydrogen-bond donors (Lipinski definition) is 1. The highest BCUT2D eigenvalue weighted by Crippen LogP contribution is 2.27. The lowest BCUT2D eigenvalue weighted by molar-refractivity contribution is 0.0937. The van der Waals surface area contributed by atoms with Crippen molar-refractivity contribution in [1.29, 1.82) is 0 Å². The Balaban J connectivity index is 1.82. The molecule has 0 saturated heterocycles. The van der Waals surface area contributed by atoms with Crippen LogP contribution >= 0.6 is 0 Å². The Morgan fingerprint density at radius 3 is 2.41 bits per heavy atom. The summed E-state index contributed by atoms with van der Waals surface area (Å²) in [5.74, 6) is -1.83. The minimum Gasteiger partial charge on any atom is -0.496 e. The topological polar surface area (TPSA) is 51.2 Å². The molecule has 0 fully saturated rings.